The Kier molecular flexibility index (Phi) is 4.21. The van der Waals surface area contributed by atoms with E-state index in [0.29, 0.717) is 12.1 Å². The fourth-order valence-electron chi connectivity index (χ4n) is 1.85. The average molecular weight is 341 g/mol. The molecule has 0 fully saturated rings. The molecule has 0 aliphatic rings. The van der Waals surface area contributed by atoms with Crippen LogP contribution in [0.2, 0.25) is 0 Å². The van der Waals surface area contributed by atoms with Gasteiger partial charge in [0.1, 0.15) is 0 Å². The van der Waals surface area contributed by atoms with Gasteiger partial charge in [-0.05, 0) is 52.9 Å². The van der Waals surface area contributed by atoms with Crippen molar-refractivity contribution >= 4 is 38.6 Å². The lowest BCUT2D eigenvalue weighted by atomic mass is 10.1. The lowest BCUT2D eigenvalue weighted by Gasteiger charge is -2.10. The molecule has 2 rings (SSSR count). The smallest absolute Gasteiger partial charge is 0.274 e. The van der Waals surface area contributed by atoms with Crippen LogP contribution in [0.3, 0.4) is 0 Å². The molecule has 1 aromatic heterocycles. The Balaban J connectivity index is 2.23. The molecule has 0 unspecified atom stereocenters. The van der Waals surface area contributed by atoms with Crippen molar-refractivity contribution in [2.45, 2.75) is 20.4 Å². The molecule has 1 aromatic carbocycles. The second-order valence-corrected chi connectivity index (χ2v) is 6.11. The first-order valence-electron chi connectivity index (χ1n) is 5.70. The molecule has 2 aromatic rings. The monoisotopic (exact) mass is 340 g/mol. The summed E-state index contributed by atoms with van der Waals surface area (Å²) in [5.74, 6) is 0. The number of thiophene rings is 1. The van der Waals surface area contributed by atoms with Crippen molar-refractivity contribution in [2.75, 3.05) is 5.32 Å². The van der Waals surface area contributed by atoms with Gasteiger partial charge in [-0.15, -0.1) is 11.3 Å². The van der Waals surface area contributed by atoms with E-state index in [1.165, 1.54) is 4.88 Å². The molecule has 0 spiro atoms. The van der Waals surface area contributed by atoms with Crippen LogP contribution in [0.15, 0.2) is 28.1 Å². The van der Waals surface area contributed by atoms with Crippen LogP contribution in [-0.4, -0.2) is 4.92 Å². The highest BCUT2D eigenvalue weighted by atomic mass is 79.9. The minimum absolute atomic E-state index is 0.151. The quantitative estimate of drug-likeness (QED) is 0.651. The van der Waals surface area contributed by atoms with Gasteiger partial charge in [0.15, 0.2) is 0 Å². The summed E-state index contributed by atoms with van der Waals surface area (Å²) in [6.45, 7) is 4.35. The van der Waals surface area contributed by atoms with Gasteiger partial charge in [0.2, 0.25) is 0 Å². The predicted octanol–water partition coefficient (Wildman–Crippen LogP) is 4.65. The van der Waals surface area contributed by atoms with Crippen LogP contribution in [-0.2, 0) is 6.54 Å². The summed E-state index contributed by atoms with van der Waals surface area (Å²) in [5, 5.41) is 16.2. The van der Waals surface area contributed by atoms with Crippen LogP contribution < -0.4 is 5.32 Å². The maximum atomic E-state index is 10.9. The van der Waals surface area contributed by atoms with Crippen molar-refractivity contribution in [1.82, 2.24) is 0 Å². The molecule has 6 heteroatoms. The van der Waals surface area contributed by atoms with Crippen LogP contribution in [0.25, 0.3) is 0 Å². The number of halogens is 1. The minimum Gasteiger partial charge on any atom is -0.380 e. The standard InChI is InChI=1S/C13H13BrN2O2S/c1-8-5-9(2)12(16(17)18)6-11(8)15-7-13-10(14)3-4-19-13/h3-6,15H,7H2,1-2H3. The maximum Gasteiger partial charge on any atom is 0.274 e. The van der Waals surface area contributed by atoms with Crippen LogP contribution in [0, 0.1) is 24.0 Å². The van der Waals surface area contributed by atoms with Crippen molar-refractivity contribution < 1.29 is 4.92 Å². The third kappa shape index (κ3) is 3.13. The summed E-state index contributed by atoms with van der Waals surface area (Å²) < 4.78 is 1.06. The summed E-state index contributed by atoms with van der Waals surface area (Å²) in [4.78, 5) is 11.8. The highest BCUT2D eigenvalue weighted by Crippen LogP contribution is 2.28. The van der Waals surface area contributed by atoms with Crippen molar-refractivity contribution in [1.29, 1.82) is 0 Å². The number of benzene rings is 1. The van der Waals surface area contributed by atoms with Crippen LogP contribution >= 0.6 is 27.3 Å². The molecule has 0 saturated heterocycles. The molecule has 0 bridgehead atoms. The Morgan fingerprint density at radius 2 is 2.11 bits per heavy atom. The van der Waals surface area contributed by atoms with Crippen molar-refractivity contribution in [3.8, 4) is 0 Å². The number of anilines is 1. The third-order valence-corrected chi connectivity index (χ3v) is 4.80. The van der Waals surface area contributed by atoms with Crippen molar-refractivity contribution in [3.63, 3.8) is 0 Å². The average Bonchev–Trinajstić information content (AvgIpc) is 2.73. The number of aryl methyl sites for hydroxylation is 2. The van der Waals surface area contributed by atoms with Gasteiger partial charge in [0, 0.05) is 26.7 Å². The predicted molar refractivity (Wildman–Crippen MR) is 81.9 cm³/mol. The number of nitrogens with zero attached hydrogens (tertiary/aromatic N) is 1. The van der Waals surface area contributed by atoms with Crippen LogP contribution in [0.4, 0.5) is 11.4 Å². The topological polar surface area (TPSA) is 55.2 Å². The van der Waals surface area contributed by atoms with E-state index in [2.05, 4.69) is 21.2 Å². The Labute approximate surface area is 123 Å². The number of nitro benzene ring substituents is 1. The molecule has 100 valence electrons. The Morgan fingerprint density at radius 1 is 1.37 bits per heavy atom. The molecular formula is C13H13BrN2O2S. The lowest BCUT2D eigenvalue weighted by molar-refractivity contribution is -0.385. The zero-order chi connectivity index (χ0) is 14.0. The van der Waals surface area contributed by atoms with Gasteiger partial charge in [0.05, 0.1) is 11.5 Å². The van der Waals surface area contributed by atoms with Gasteiger partial charge in [-0.25, -0.2) is 0 Å². The van der Waals surface area contributed by atoms with E-state index in [9.17, 15) is 10.1 Å². The third-order valence-electron chi connectivity index (χ3n) is 2.87. The van der Waals surface area contributed by atoms with Crippen molar-refractivity contribution in [2.24, 2.45) is 0 Å². The van der Waals surface area contributed by atoms with E-state index in [-0.39, 0.29) is 10.6 Å². The van der Waals surface area contributed by atoms with Gasteiger partial charge in [-0.3, -0.25) is 10.1 Å². The van der Waals surface area contributed by atoms with Gasteiger partial charge in [0.25, 0.3) is 5.69 Å². The largest absolute Gasteiger partial charge is 0.380 e. The van der Waals surface area contributed by atoms with E-state index in [4.69, 9.17) is 0 Å². The highest BCUT2D eigenvalue weighted by molar-refractivity contribution is 9.10. The van der Waals surface area contributed by atoms with Crippen LogP contribution in [0.5, 0.6) is 0 Å². The Hall–Kier alpha value is -1.40. The summed E-state index contributed by atoms with van der Waals surface area (Å²) in [7, 11) is 0. The van der Waals surface area contributed by atoms with E-state index >= 15 is 0 Å². The highest BCUT2D eigenvalue weighted by Gasteiger charge is 2.13. The van der Waals surface area contributed by atoms with E-state index in [1.807, 2.05) is 24.4 Å². The fraction of sp³-hybridized carbons (Fsp3) is 0.231. The lowest BCUT2D eigenvalue weighted by Crippen LogP contribution is -2.02. The first-order chi connectivity index (χ1) is 8.99. The maximum absolute atomic E-state index is 10.9. The molecule has 0 atom stereocenters. The first kappa shape index (κ1) is 14.0. The SMILES string of the molecule is Cc1cc(C)c([N+](=O)[O-])cc1NCc1sccc1Br. The molecule has 0 radical (unpaired) electrons. The molecule has 0 aliphatic carbocycles. The Morgan fingerprint density at radius 3 is 2.68 bits per heavy atom. The second-order valence-electron chi connectivity index (χ2n) is 4.26. The molecule has 19 heavy (non-hydrogen) atoms. The van der Waals surface area contributed by atoms with E-state index < -0.39 is 0 Å². The van der Waals surface area contributed by atoms with Gasteiger partial charge in [-0.1, -0.05) is 0 Å². The van der Waals surface area contributed by atoms with Gasteiger partial charge < -0.3 is 5.32 Å². The molecule has 4 nitrogen and oxygen atoms in total. The van der Waals surface area contributed by atoms with Crippen molar-refractivity contribution in [3.05, 3.63) is 54.2 Å². The Bertz CT molecular complexity index is 625. The summed E-state index contributed by atoms with van der Waals surface area (Å²) in [5.41, 5.74) is 2.65. The normalized spacial score (nSPS) is 10.5. The molecule has 1 N–H and O–H groups in total. The minimum atomic E-state index is -0.346. The summed E-state index contributed by atoms with van der Waals surface area (Å²) >= 11 is 5.11. The number of hydrogen-bond donors (Lipinski definition) is 1. The second kappa shape index (κ2) is 5.71. The zero-order valence-electron chi connectivity index (χ0n) is 10.6. The first-order valence-corrected chi connectivity index (χ1v) is 7.37. The summed E-state index contributed by atoms with van der Waals surface area (Å²) in [6.07, 6.45) is 0. The number of nitrogens with one attached hydrogen (secondary N) is 1. The van der Waals surface area contributed by atoms with E-state index in [0.717, 1.165) is 15.7 Å². The van der Waals surface area contributed by atoms with Gasteiger partial charge in [-0.2, -0.15) is 0 Å². The molecule has 1 heterocycles. The van der Waals surface area contributed by atoms with E-state index in [1.54, 1.807) is 24.3 Å². The molecular weight excluding hydrogens is 328 g/mol. The zero-order valence-corrected chi connectivity index (χ0v) is 13.0. The van der Waals surface area contributed by atoms with Crippen LogP contribution in [0.1, 0.15) is 16.0 Å². The molecule has 0 saturated carbocycles. The number of hydrogen-bond acceptors (Lipinski definition) is 4. The number of nitro groups is 1. The fourth-order valence-corrected chi connectivity index (χ4v) is 3.29. The molecule has 0 amide bonds. The summed E-state index contributed by atoms with van der Waals surface area (Å²) in [6, 6.07) is 5.43. The number of rotatable bonds is 4. The van der Waals surface area contributed by atoms with Gasteiger partial charge >= 0.3 is 0 Å². The molecule has 0 aliphatic heterocycles.